The van der Waals surface area contributed by atoms with Crippen molar-refractivity contribution in [1.29, 1.82) is 0 Å². The zero-order valence-corrected chi connectivity index (χ0v) is 20.8. The van der Waals surface area contributed by atoms with Crippen LogP contribution in [0.2, 0.25) is 0 Å². The van der Waals surface area contributed by atoms with Gasteiger partial charge in [0.05, 0.1) is 30.5 Å². The Bertz CT molecular complexity index is 1260. The van der Waals surface area contributed by atoms with E-state index in [0.29, 0.717) is 12.4 Å². The highest BCUT2D eigenvalue weighted by molar-refractivity contribution is 7.92. The van der Waals surface area contributed by atoms with E-state index < -0.39 is 22.5 Å². The van der Waals surface area contributed by atoms with Gasteiger partial charge in [0.1, 0.15) is 18.0 Å². The lowest BCUT2D eigenvalue weighted by atomic mass is 10.2. The molecule has 0 aliphatic heterocycles. The molecule has 3 aromatic carbocycles. The van der Waals surface area contributed by atoms with Gasteiger partial charge in [0.2, 0.25) is 0 Å². The van der Waals surface area contributed by atoms with Crippen LogP contribution in [0.1, 0.15) is 24.5 Å². The van der Waals surface area contributed by atoms with Crippen molar-refractivity contribution < 1.29 is 22.7 Å². The lowest BCUT2D eigenvalue weighted by Crippen LogP contribution is -2.39. The van der Waals surface area contributed by atoms with Crippen LogP contribution in [0.5, 0.6) is 11.5 Å². The monoisotopic (exact) mass is 495 g/mol. The molecule has 0 aliphatic rings. The van der Waals surface area contributed by atoms with Gasteiger partial charge in [-0.1, -0.05) is 36.8 Å². The second-order valence-corrected chi connectivity index (χ2v) is 9.57. The van der Waals surface area contributed by atoms with Gasteiger partial charge in [-0.25, -0.2) is 13.8 Å². The third-order valence-electron chi connectivity index (χ3n) is 5.01. The number of aryl methyl sites for hydroxylation is 1. The number of hydrazone groups is 1. The summed E-state index contributed by atoms with van der Waals surface area (Å²) in [5.41, 5.74) is 4.32. The van der Waals surface area contributed by atoms with Gasteiger partial charge in [-0.2, -0.15) is 5.10 Å². The predicted octanol–water partition coefficient (Wildman–Crippen LogP) is 4.14. The number of rotatable bonds is 11. The third-order valence-corrected chi connectivity index (χ3v) is 6.78. The second kappa shape index (κ2) is 12.0. The lowest BCUT2D eigenvalue weighted by Gasteiger charge is -2.25. The van der Waals surface area contributed by atoms with Crippen LogP contribution in [-0.4, -0.2) is 40.8 Å². The molecule has 1 N–H and O–H groups in total. The molecule has 0 aromatic heterocycles. The second-order valence-electron chi connectivity index (χ2n) is 7.71. The maximum absolute atomic E-state index is 13.5. The average molecular weight is 496 g/mol. The van der Waals surface area contributed by atoms with E-state index in [1.54, 1.807) is 36.4 Å². The predicted molar refractivity (Wildman–Crippen MR) is 137 cm³/mol. The molecule has 0 atom stereocenters. The Labute approximate surface area is 206 Å². The SMILES string of the molecule is CCCOc1ccc(/C=N/NC(=O)CN(c2ccccc2OC)S(=O)(=O)c2ccc(C)cc2)cc1. The van der Waals surface area contributed by atoms with Gasteiger partial charge in [0.25, 0.3) is 15.9 Å². The number of nitrogens with zero attached hydrogens (tertiary/aromatic N) is 2. The molecule has 184 valence electrons. The minimum atomic E-state index is -4.06. The Hall–Kier alpha value is -3.85. The summed E-state index contributed by atoms with van der Waals surface area (Å²) < 4.78 is 38.9. The van der Waals surface area contributed by atoms with Crippen molar-refractivity contribution in [2.75, 3.05) is 24.6 Å². The Morgan fingerprint density at radius 1 is 1.03 bits per heavy atom. The van der Waals surface area contributed by atoms with Gasteiger partial charge < -0.3 is 9.47 Å². The van der Waals surface area contributed by atoms with E-state index in [1.165, 1.54) is 25.5 Å². The molecular weight excluding hydrogens is 466 g/mol. The normalized spacial score (nSPS) is 11.3. The fourth-order valence-electron chi connectivity index (χ4n) is 3.19. The Kier molecular flexibility index (Phi) is 8.86. The fraction of sp³-hybridized carbons (Fsp3) is 0.231. The summed E-state index contributed by atoms with van der Waals surface area (Å²) >= 11 is 0. The number of ether oxygens (including phenoxy) is 2. The number of amides is 1. The van der Waals surface area contributed by atoms with Gasteiger partial charge in [0.15, 0.2) is 0 Å². The highest BCUT2D eigenvalue weighted by atomic mass is 32.2. The van der Waals surface area contributed by atoms with Crippen LogP contribution in [-0.2, 0) is 14.8 Å². The molecule has 0 unspecified atom stereocenters. The lowest BCUT2D eigenvalue weighted by molar-refractivity contribution is -0.119. The van der Waals surface area contributed by atoms with Crippen molar-refractivity contribution in [3.63, 3.8) is 0 Å². The largest absolute Gasteiger partial charge is 0.495 e. The molecule has 1 amide bonds. The van der Waals surface area contributed by atoms with Gasteiger partial charge in [-0.05, 0) is 67.4 Å². The van der Waals surface area contributed by atoms with Crippen molar-refractivity contribution in [3.8, 4) is 11.5 Å². The van der Waals surface area contributed by atoms with Crippen LogP contribution >= 0.6 is 0 Å². The number of hydrogen-bond donors (Lipinski definition) is 1. The first-order valence-electron chi connectivity index (χ1n) is 11.1. The van der Waals surface area contributed by atoms with Crippen molar-refractivity contribution in [2.24, 2.45) is 5.10 Å². The van der Waals surface area contributed by atoms with Crippen LogP contribution in [0.25, 0.3) is 0 Å². The van der Waals surface area contributed by atoms with Crippen LogP contribution in [0.3, 0.4) is 0 Å². The molecule has 0 saturated heterocycles. The Balaban J connectivity index is 1.79. The first kappa shape index (κ1) is 25.8. The Morgan fingerprint density at radius 2 is 1.71 bits per heavy atom. The first-order chi connectivity index (χ1) is 16.8. The zero-order valence-electron chi connectivity index (χ0n) is 20.0. The molecule has 9 heteroatoms. The number of anilines is 1. The number of nitrogens with one attached hydrogen (secondary N) is 1. The van der Waals surface area contributed by atoms with Crippen molar-refractivity contribution in [3.05, 3.63) is 83.9 Å². The molecule has 8 nitrogen and oxygen atoms in total. The van der Waals surface area contributed by atoms with Crippen molar-refractivity contribution >= 4 is 27.8 Å². The highest BCUT2D eigenvalue weighted by Crippen LogP contribution is 2.32. The van der Waals surface area contributed by atoms with E-state index in [-0.39, 0.29) is 10.6 Å². The molecule has 0 bridgehead atoms. The fourth-order valence-corrected chi connectivity index (χ4v) is 4.62. The summed E-state index contributed by atoms with van der Waals surface area (Å²) in [6.07, 6.45) is 2.39. The summed E-state index contributed by atoms with van der Waals surface area (Å²) in [5.74, 6) is 0.470. The number of sulfonamides is 1. The molecule has 35 heavy (non-hydrogen) atoms. The quantitative estimate of drug-likeness (QED) is 0.319. The molecule has 0 fully saturated rings. The van der Waals surface area contributed by atoms with Gasteiger partial charge >= 0.3 is 0 Å². The molecule has 0 saturated carbocycles. The van der Waals surface area contributed by atoms with Crippen LogP contribution < -0.4 is 19.2 Å². The third kappa shape index (κ3) is 6.83. The zero-order chi connectivity index (χ0) is 25.3. The molecule has 0 heterocycles. The summed E-state index contributed by atoms with van der Waals surface area (Å²) in [6.45, 7) is 4.05. The minimum Gasteiger partial charge on any atom is -0.495 e. The number of benzene rings is 3. The number of methoxy groups -OCH3 is 1. The smallest absolute Gasteiger partial charge is 0.264 e. The Morgan fingerprint density at radius 3 is 2.37 bits per heavy atom. The summed E-state index contributed by atoms with van der Waals surface area (Å²) in [6, 6.07) is 20.3. The van der Waals surface area contributed by atoms with Crippen LogP contribution in [0, 0.1) is 6.92 Å². The maximum atomic E-state index is 13.5. The van der Waals surface area contributed by atoms with Gasteiger partial charge in [-0.3, -0.25) is 9.10 Å². The van der Waals surface area contributed by atoms with E-state index in [1.807, 2.05) is 38.1 Å². The van der Waals surface area contributed by atoms with Crippen molar-refractivity contribution in [2.45, 2.75) is 25.2 Å². The van der Waals surface area contributed by atoms with E-state index in [0.717, 1.165) is 27.6 Å². The molecule has 0 spiro atoms. The van der Waals surface area contributed by atoms with E-state index in [2.05, 4.69) is 10.5 Å². The summed E-state index contributed by atoms with van der Waals surface area (Å²) in [7, 11) is -2.62. The van der Waals surface area contributed by atoms with Gasteiger partial charge in [0, 0.05) is 0 Å². The standard InChI is InChI=1S/C26H29N3O5S/c1-4-17-34-22-13-11-21(12-14-22)18-27-28-26(30)19-29(24-7-5-6-8-25(24)33-3)35(31,32)23-15-9-20(2)10-16-23/h5-16,18H,4,17,19H2,1-3H3,(H,28,30)/b27-18+. The summed E-state index contributed by atoms with van der Waals surface area (Å²) in [5, 5.41) is 3.97. The topological polar surface area (TPSA) is 97.3 Å². The molecule has 3 aromatic rings. The van der Waals surface area contributed by atoms with Crippen molar-refractivity contribution in [1.82, 2.24) is 5.43 Å². The average Bonchev–Trinajstić information content (AvgIpc) is 2.87. The molecular formula is C26H29N3O5S. The molecule has 3 rings (SSSR count). The first-order valence-corrected chi connectivity index (χ1v) is 12.6. The highest BCUT2D eigenvalue weighted by Gasteiger charge is 2.29. The number of carbonyl (C=O) groups is 1. The summed E-state index contributed by atoms with van der Waals surface area (Å²) in [4.78, 5) is 12.8. The van der Waals surface area contributed by atoms with E-state index >= 15 is 0 Å². The minimum absolute atomic E-state index is 0.0655. The van der Waals surface area contributed by atoms with E-state index in [9.17, 15) is 13.2 Å². The van der Waals surface area contributed by atoms with E-state index in [4.69, 9.17) is 9.47 Å². The molecule has 0 aliphatic carbocycles. The van der Waals surface area contributed by atoms with Crippen LogP contribution in [0.4, 0.5) is 5.69 Å². The number of para-hydroxylation sites is 2. The molecule has 0 radical (unpaired) electrons. The number of carbonyl (C=O) groups excluding carboxylic acids is 1. The maximum Gasteiger partial charge on any atom is 0.264 e. The van der Waals surface area contributed by atoms with Crippen LogP contribution in [0.15, 0.2) is 82.8 Å². The van der Waals surface area contributed by atoms with Gasteiger partial charge in [-0.15, -0.1) is 0 Å². The number of hydrogen-bond acceptors (Lipinski definition) is 6.